The van der Waals surface area contributed by atoms with Crippen LogP contribution in [0.25, 0.3) is 32.3 Å². The number of nitrogens with two attached hydrogens (primary N) is 1. The summed E-state index contributed by atoms with van der Waals surface area (Å²) in [4.78, 5) is 9.92. The highest BCUT2D eigenvalue weighted by Crippen LogP contribution is 2.42. The number of nitrogen functional groups attached to an aromatic ring is 1. The van der Waals surface area contributed by atoms with Gasteiger partial charge in [-0.25, -0.2) is 9.97 Å². The smallest absolute Gasteiger partial charge is 0.164 e. The van der Waals surface area contributed by atoms with E-state index in [9.17, 15) is 4.21 Å². The maximum Gasteiger partial charge on any atom is 0.164 e. The molecule has 28 heavy (non-hydrogen) atoms. The molecule has 2 N–H and O–H groups in total. The highest BCUT2D eigenvalue weighted by Gasteiger charge is 2.23. The SMILES string of the molecule is CCCCS(=O)c1sc2nc(-c3nccs3)cc(-c3nnc(C)n3C)c2c1N. The lowest BCUT2D eigenvalue weighted by Gasteiger charge is -2.07. The van der Waals surface area contributed by atoms with Gasteiger partial charge >= 0.3 is 0 Å². The van der Waals surface area contributed by atoms with Gasteiger partial charge in [0.15, 0.2) is 5.82 Å². The molecule has 1 unspecified atom stereocenters. The number of unbranched alkanes of at least 4 members (excludes halogenated alkanes) is 1. The van der Waals surface area contributed by atoms with E-state index < -0.39 is 10.8 Å². The van der Waals surface area contributed by atoms with E-state index in [1.807, 2.05) is 30.0 Å². The number of aromatic nitrogens is 5. The molecule has 4 heterocycles. The number of rotatable bonds is 6. The molecule has 0 bridgehead atoms. The Kier molecular flexibility index (Phi) is 5.26. The molecule has 146 valence electrons. The molecule has 4 aromatic heterocycles. The summed E-state index contributed by atoms with van der Waals surface area (Å²) >= 11 is 2.92. The van der Waals surface area contributed by atoms with E-state index in [1.54, 1.807) is 6.20 Å². The molecule has 4 rings (SSSR count). The lowest BCUT2D eigenvalue weighted by Crippen LogP contribution is -2.00. The van der Waals surface area contributed by atoms with Crippen LogP contribution in [0.4, 0.5) is 5.69 Å². The number of anilines is 1. The summed E-state index contributed by atoms with van der Waals surface area (Å²) in [7, 11) is 0.782. The van der Waals surface area contributed by atoms with E-state index in [4.69, 9.17) is 10.7 Å². The summed E-state index contributed by atoms with van der Waals surface area (Å²) in [5.74, 6) is 2.11. The molecule has 7 nitrogen and oxygen atoms in total. The van der Waals surface area contributed by atoms with Crippen LogP contribution < -0.4 is 5.73 Å². The Morgan fingerprint density at radius 2 is 2.14 bits per heavy atom. The molecule has 0 aliphatic carbocycles. The molecule has 0 aromatic carbocycles. The van der Waals surface area contributed by atoms with E-state index in [0.717, 1.165) is 45.1 Å². The minimum absolute atomic E-state index is 0.531. The first-order chi connectivity index (χ1) is 13.5. The lowest BCUT2D eigenvalue weighted by atomic mass is 10.1. The zero-order chi connectivity index (χ0) is 19.8. The van der Waals surface area contributed by atoms with Crippen LogP contribution in [0, 0.1) is 6.92 Å². The third-order valence-corrected chi connectivity index (χ3v) is 8.33. The maximum atomic E-state index is 12.8. The molecule has 10 heteroatoms. The molecular weight excluding hydrogens is 412 g/mol. The van der Waals surface area contributed by atoms with Crippen molar-refractivity contribution in [3.8, 4) is 22.1 Å². The molecule has 0 saturated carbocycles. The first kappa shape index (κ1) is 19.2. The van der Waals surface area contributed by atoms with Crippen LogP contribution >= 0.6 is 22.7 Å². The topological polar surface area (TPSA) is 99.6 Å². The highest BCUT2D eigenvalue weighted by molar-refractivity contribution is 7.87. The molecule has 0 amide bonds. The van der Waals surface area contributed by atoms with Crippen molar-refractivity contribution >= 4 is 49.4 Å². The third kappa shape index (κ3) is 3.25. The standard InChI is InChI=1S/C18H20N6OS3/c1-4-5-8-28(25)18-14(19)13-11(15-23-22-10(2)24(15)3)9-12(21-17(13)27-18)16-20-6-7-26-16/h6-7,9H,4-5,8,19H2,1-3H3. The maximum absolute atomic E-state index is 12.8. The Bertz CT molecular complexity index is 1160. The van der Waals surface area contributed by atoms with Crippen LogP contribution in [-0.4, -0.2) is 34.7 Å². The number of nitrogens with zero attached hydrogens (tertiary/aromatic N) is 5. The lowest BCUT2D eigenvalue weighted by molar-refractivity contribution is 0.681. The van der Waals surface area contributed by atoms with Crippen molar-refractivity contribution in [3.05, 3.63) is 23.5 Å². The van der Waals surface area contributed by atoms with Crippen LogP contribution in [0.5, 0.6) is 0 Å². The van der Waals surface area contributed by atoms with E-state index in [2.05, 4.69) is 22.1 Å². The number of fused-ring (bicyclic) bond motifs is 1. The van der Waals surface area contributed by atoms with Crippen LogP contribution in [0.15, 0.2) is 21.9 Å². The minimum Gasteiger partial charge on any atom is -0.396 e. The summed E-state index contributed by atoms with van der Waals surface area (Å²) in [6, 6.07) is 1.95. The van der Waals surface area contributed by atoms with E-state index in [0.29, 0.717) is 21.5 Å². The van der Waals surface area contributed by atoms with Gasteiger partial charge in [0.1, 0.15) is 25.6 Å². The second-order valence-electron chi connectivity index (χ2n) is 6.41. The molecule has 0 aliphatic heterocycles. The summed E-state index contributed by atoms with van der Waals surface area (Å²) in [5.41, 5.74) is 8.61. The molecule has 0 radical (unpaired) electrons. The molecule has 0 fully saturated rings. The number of hydrogen-bond donors (Lipinski definition) is 1. The molecular formula is C18H20N6OS3. The van der Waals surface area contributed by atoms with Gasteiger partial charge in [-0.1, -0.05) is 13.3 Å². The monoisotopic (exact) mass is 432 g/mol. The fourth-order valence-corrected chi connectivity index (χ4v) is 6.31. The average Bonchev–Trinajstić information content (AvgIpc) is 3.41. The molecule has 0 spiro atoms. The predicted molar refractivity (Wildman–Crippen MR) is 116 cm³/mol. The van der Waals surface area contributed by atoms with Crippen molar-refractivity contribution < 1.29 is 4.21 Å². The average molecular weight is 433 g/mol. The second kappa shape index (κ2) is 7.69. The Hall–Kier alpha value is -2.17. The normalized spacial score (nSPS) is 12.7. The number of pyridine rings is 1. The van der Waals surface area contributed by atoms with Crippen LogP contribution in [0.3, 0.4) is 0 Å². The van der Waals surface area contributed by atoms with Gasteiger partial charge in [-0.05, 0) is 19.4 Å². The summed E-state index contributed by atoms with van der Waals surface area (Å²) in [6.45, 7) is 3.99. The predicted octanol–water partition coefficient (Wildman–Crippen LogP) is 4.01. The van der Waals surface area contributed by atoms with Gasteiger partial charge in [-0.15, -0.1) is 32.9 Å². The fraction of sp³-hybridized carbons (Fsp3) is 0.333. The highest BCUT2D eigenvalue weighted by atomic mass is 32.2. The number of hydrogen-bond acceptors (Lipinski definition) is 8. The Balaban J connectivity index is 1.98. The number of thiophene rings is 1. The molecule has 1 atom stereocenters. The van der Waals surface area contributed by atoms with Gasteiger partial charge in [-0.2, -0.15) is 0 Å². The zero-order valence-corrected chi connectivity index (χ0v) is 18.2. The van der Waals surface area contributed by atoms with Gasteiger partial charge in [-0.3, -0.25) is 4.21 Å². The van der Waals surface area contributed by atoms with Crippen molar-refractivity contribution in [3.63, 3.8) is 0 Å². The van der Waals surface area contributed by atoms with Gasteiger partial charge in [0.05, 0.1) is 16.5 Å². The first-order valence-electron chi connectivity index (χ1n) is 8.88. The van der Waals surface area contributed by atoms with Crippen molar-refractivity contribution in [2.24, 2.45) is 7.05 Å². The third-order valence-electron chi connectivity index (χ3n) is 4.54. The van der Waals surface area contributed by atoms with Gasteiger partial charge in [0.2, 0.25) is 0 Å². The van der Waals surface area contributed by atoms with E-state index in [-0.39, 0.29) is 0 Å². The second-order valence-corrected chi connectivity index (χ2v) is 10.1. The quantitative estimate of drug-likeness (QED) is 0.494. The Labute approximate surface area is 173 Å². The summed E-state index contributed by atoms with van der Waals surface area (Å²) in [5, 5.41) is 12.1. The summed E-state index contributed by atoms with van der Waals surface area (Å²) in [6.07, 6.45) is 3.64. The minimum atomic E-state index is -1.14. The van der Waals surface area contributed by atoms with E-state index in [1.165, 1.54) is 22.7 Å². The largest absolute Gasteiger partial charge is 0.396 e. The van der Waals surface area contributed by atoms with Crippen molar-refractivity contribution in [1.82, 2.24) is 24.7 Å². The fourth-order valence-electron chi connectivity index (χ4n) is 2.92. The Morgan fingerprint density at radius 3 is 2.79 bits per heavy atom. The first-order valence-corrected chi connectivity index (χ1v) is 11.9. The van der Waals surface area contributed by atoms with Crippen molar-refractivity contribution in [2.75, 3.05) is 11.5 Å². The molecule has 4 aromatic rings. The molecule has 0 aliphatic rings. The van der Waals surface area contributed by atoms with Gasteiger partial charge in [0, 0.05) is 35.3 Å². The number of thiazole rings is 1. The summed E-state index contributed by atoms with van der Waals surface area (Å²) < 4.78 is 15.4. The number of aryl methyl sites for hydroxylation is 1. The Morgan fingerprint density at radius 1 is 1.32 bits per heavy atom. The van der Waals surface area contributed by atoms with Gasteiger partial charge in [0.25, 0.3) is 0 Å². The van der Waals surface area contributed by atoms with E-state index >= 15 is 0 Å². The van der Waals surface area contributed by atoms with Crippen LogP contribution in [0.1, 0.15) is 25.6 Å². The van der Waals surface area contributed by atoms with Gasteiger partial charge < -0.3 is 10.3 Å². The van der Waals surface area contributed by atoms with Crippen molar-refractivity contribution in [2.45, 2.75) is 30.9 Å². The molecule has 0 saturated heterocycles. The zero-order valence-electron chi connectivity index (χ0n) is 15.8. The van der Waals surface area contributed by atoms with Crippen molar-refractivity contribution in [1.29, 1.82) is 0 Å². The van der Waals surface area contributed by atoms with Crippen LogP contribution in [0.2, 0.25) is 0 Å². The van der Waals surface area contributed by atoms with Crippen LogP contribution in [-0.2, 0) is 17.8 Å².